The number of likely N-dealkylation sites (tertiary alicyclic amines) is 1. The molecule has 7 heteroatoms. The summed E-state index contributed by atoms with van der Waals surface area (Å²) in [5.74, 6) is 1.01. The molecule has 0 aromatic heterocycles. The van der Waals surface area contributed by atoms with Crippen LogP contribution >= 0.6 is 0 Å². The Morgan fingerprint density at radius 3 is 2.04 bits per heavy atom. The monoisotopic (exact) mass is 364 g/mol. The molecule has 1 aliphatic heterocycles. The highest BCUT2D eigenvalue weighted by atomic mass is 16.6. The molecule has 2 amide bonds. The maximum absolute atomic E-state index is 12.5. The zero-order valence-corrected chi connectivity index (χ0v) is 16.1. The molecule has 0 bridgehead atoms. The average molecular weight is 364 g/mol. The lowest BCUT2D eigenvalue weighted by molar-refractivity contribution is -0.121. The molecular weight excluding hydrogens is 336 g/mol. The van der Waals surface area contributed by atoms with Gasteiger partial charge in [-0.2, -0.15) is 0 Å². The maximum Gasteiger partial charge on any atom is 0.410 e. The molecule has 1 heterocycles. The highest BCUT2D eigenvalue weighted by molar-refractivity contribution is 5.93. The lowest BCUT2D eigenvalue weighted by Crippen LogP contribution is -2.43. The summed E-state index contributed by atoms with van der Waals surface area (Å²) in [7, 11) is 3.12. The van der Waals surface area contributed by atoms with Crippen molar-refractivity contribution in [2.45, 2.75) is 39.2 Å². The summed E-state index contributed by atoms with van der Waals surface area (Å²) in [5, 5.41) is 2.91. The number of carbonyl (C=O) groups excluding carboxylic acids is 2. The highest BCUT2D eigenvalue weighted by Crippen LogP contribution is 2.27. The van der Waals surface area contributed by atoms with Crippen LogP contribution in [0.2, 0.25) is 0 Å². The Bertz CT molecular complexity index is 624. The first-order valence-corrected chi connectivity index (χ1v) is 8.73. The lowest BCUT2D eigenvalue weighted by atomic mass is 9.96. The molecular formula is C19H28N2O5. The third-order valence-corrected chi connectivity index (χ3v) is 4.14. The first-order valence-electron chi connectivity index (χ1n) is 8.73. The molecule has 0 saturated carbocycles. The third kappa shape index (κ3) is 5.54. The number of benzene rings is 1. The zero-order valence-electron chi connectivity index (χ0n) is 16.1. The highest BCUT2D eigenvalue weighted by Gasteiger charge is 2.30. The number of nitrogens with zero attached hydrogens (tertiary/aromatic N) is 1. The van der Waals surface area contributed by atoms with Gasteiger partial charge in [-0.3, -0.25) is 4.79 Å². The predicted molar refractivity (Wildman–Crippen MR) is 98.7 cm³/mol. The van der Waals surface area contributed by atoms with Crippen LogP contribution in [-0.4, -0.2) is 49.8 Å². The number of piperidine rings is 1. The molecule has 1 aromatic carbocycles. The molecule has 1 saturated heterocycles. The summed E-state index contributed by atoms with van der Waals surface area (Å²) in [4.78, 5) is 26.3. The fourth-order valence-corrected chi connectivity index (χ4v) is 2.77. The molecule has 0 aliphatic carbocycles. The van der Waals surface area contributed by atoms with Gasteiger partial charge in [0.05, 0.1) is 14.2 Å². The van der Waals surface area contributed by atoms with Crippen molar-refractivity contribution in [1.82, 2.24) is 4.90 Å². The van der Waals surface area contributed by atoms with E-state index in [1.54, 1.807) is 37.3 Å². The minimum atomic E-state index is -0.517. The van der Waals surface area contributed by atoms with Crippen molar-refractivity contribution in [3.63, 3.8) is 0 Å². The van der Waals surface area contributed by atoms with Gasteiger partial charge in [0, 0.05) is 42.9 Å². The van der Waals surface area contributed by atoms with Gasteiger partial charge in [-0.25, -0.2) is 4.79 Å². The minimum absolute atomic E-state index is 0.0656. The van der Waals surface area contributed by atoms with Gasteiger partial charge >= 0.3 is 6.09 Å². The largest absolute Gasteiger partial charge is 0.497 e. The van der Waals surface area contributed by atoms with E-state index in [1.807, 2.05) is 20.8 Å². The number of nitrogens with one attached hydrogen (secondary N) is 1. The Labute approximate surface area is 154 Å². The van der Waals surface area contributed by atoms with Gasteiger partial charge in [0.25, 0.3) is 0 Å². The number of amides is 2. The Hall–Kier alpha value is -2.44. The molecule has 144 valence electrons. The van der Waals surface area contributed by atoms with E-state index in [4.69, 9.17) is 14.2 Å². The molecule has 7 nitrogen and oxygen atoms in total. The summed E-state index contributed by atoms with van der Waals surface area (Å²) >= 11 is 0. The maximum atomic E-state index is 12.5. The third-order valence-electron chi connectivity index (χ3n) is 4.14. The smallest absolute Gasteiger partial charge is 0.410 e. The van der Waals surface area contributed by atoms with Crippen LogP contribution in [0.4, 0.5) is 10.5 Å². The first kappa shape index (κ1) is 19.9. The molecule has 1 fully saturated rings. The standard InChI is InChI=1S/C19H28N2O5/c1-19(2,3)26-18(23)21-8-6-13(7-9-21)17(22)20-14-10-15(24-4)12-16(11-14)25-5/h10-13H,6-9H2,1-5H3,(H,20,22). The van der Waals surface area contributed by atoms with Gasteiger partial charge in [0.15, 0.2) is 0 Å². The normalized spacial score (nSPS) is 15.3. The molecule has 1 N–H and O–H groups in total. The van der Waals surface area contributed by atoms with Crippen LogP contribution in [0.3, 0.4) is 0 Å². The second kappa shape index (κ2) is 8.29. The van der Waals surface area contributed by atoms with Gasteiger partial charge in [0.2, 0.25) is 5.91 Å². The van der Waals surface area contributed by atoms with E-state index < -0.39 is 5.60 Å². The quantitative estimate of drug-likeness (QED) is 0.887. The summed E-state index contributed by atoms with van der Waals surface area (Å²) < 4.78 is 15.8. The minimum Gasteiger partial charge on any atom is -0.497 e. The molecule has 0 atom stereocenters. The number of anilines is 1. The van der Waals surface area contributed by atoms with Gasteiger partial charge in [-0.1, -0.05) is 0 Å². The van der Waals surface area contributed by atoms with E-state index in [1.165, 1.54) is 0 Å². The van der Waals surface area contributed by atoms with Crippen LogP contribution in [0, 0.1) is 5.92 Å². The number of ether oxygens (including phenoxy) is 3. The molecule has 0 radical (unpaired) electrons. The molecule has 2 rings (SSSR count). The molecule has 0 unspecified atom stereocenters. The summed E-state index contributed by atoms with van der Waals surface area (Å²) in [6.45, 7) is 6.54. The van der Waals surface area contributed by atoms with Crippen LogP contribution in [-0.2, 0) is 9.53 Å². The fraction of sp³-hybridized carbons (Fsp3) is 0.579. The van der Waals surface area contributed by atoms with E-state index in [0.717, 1.165) is 0 Å². The second-order valence-corrected chi connectivity index (χ2v) is 7.33. The van der Waals surface area contributed by atoms with Crippen LogP contribution in [0.25, 0.3) is 0 Å². The van der Waals surface area contributed by atoms with Crippen LogP contribution in [0.5, 0.6) is 11.5 Å². The van der Waals surface area contributed by atoms with Crippen molar-refractivity contribution in [2.24, 2.45) is 5.92 Å². The summed E-state index contributed by atoms with van der Waals surface area (Å²) in [6.07, 6.45) is 0.882. The first-order chi connectivity index (χ1) is 12.2. The summed E-state index contributed by atoms with van der Waals surface area (Å²) in [5.41, 5.74) is 0.109. The number of hydrogen-bond acceptors (Lipinski definition) is 5. The van der Waals surface area contributed by atoms with Crippen molar-refractivity contribution in [1.29, 1.82) is 0 Å². The fourth-order valence-electron chi connectivity index (χ4n) is 2.77. The van der Waals surface area contributed by atoms with Gasteiger partial charge in [-0.15, -0.1) is 0 Å². The Kier molecular flexibility index (Phi) is 6.34. The number of methoxy groups -OCH3 is 2. The van der Waals surface area contributed by atoms with Crippen molar-refractivity contribution in [2.75, 3.05) is 32.6 Å². The predicted octanol–water partition coefficient (Wildman–Crippen LogP) is 3.29. The molecule has 1 aromatic rings. The Balaban J connectivity index is 1.91. The van der Waals surface area contributed by atoms with Gasteiger partial charge < -0.3 is 24.4 Å². The lowest BCUT2D eigenvalue weighted by Gasteiger charge is -2.32. The second-order valence-electron chi connectivity index (χ2n) is 7.33. The average Bonchev–Trinajstić information content (AvgIpc) is 2.60. The molecule has 1 aliphatic rings. The van der Waals surface area contributed by atoms with Crippen molar-refractivity contribution >= 4 is 17.7 Å². The molecule has 26 heavy (non-hydrogen) atoms. The number of rotatable bonds is 4. The van der Waals surface area contributed by atoms with Gasteiger partial charge in [-0.05, 0) is 33.6 Å². The Morgan fingerprint density at radius 2 is 1.58 bits per heavy atom. The van der Waals surface area contributed by atoms with E-state index in [0.29, 0.717) is 43.1 Å². The van der Waals surface area contributed by atoms with Crippen molar-refractivity contribution < 1.29 is 23.8 Å². The SMILES string of the molecule is COc1cc(NC(=O)C2CCN(C(=O)OC(C)(C)C)CC2)cc(OC)c1. The van der Waals surface area contributed by atoms with Crippen LogP contribution in [0.1, 0.15) is 33.6 Å². The van der Waals surface area contributed by atoms with Crippen LogP contribution < -0.4 is 14.8 Å². The van der Waals surface area contributed by atoms with Crippen molar-refractivity contribution in [3.8, 4) is 11.5 Å². The van der Waals surface area contributed by atoms with Crippen LogP contribution in [0.15, 0.2) is 18.2 Å². The van der Waals surface area contributed by atoms with E-state index in [-0.39, 0.29) is 17.9 Å². The van der Waals surface area contributed by atoms with Gasteiger partial charge in [0.1, 0.15) is 17.1 Å². The number of carbonyl (C=O) groups is 2. The topological polar surface area (TPSA) is 77.1 Å². The van der Waals surface area contributed by atoms with E-state index in [9.17, 15) is 9.59 Å². The van der Waals surface area contributed by atoms with E-state index >= 15 is 0 Å². The number of hydrogen-bond donors (Lipinski definition) is 1. The summed E-state index contributed by atoms with van der Waals surface area (Å²) in [6, 6.07) is 5.24. The van der Waals surface area contributed by atoms with E-state index in [2.05, 4.69) is 5.32 Å². The zero-order chi connectivity index (χ0) is 19.3. The Morgan fingerprint density at radius 1 is 1.04 bits per heavy atom. The molecule has 0 spiro atoms. The van der Waals surface area contributed by atoms with Crippen molar-refractivity contribution in [3.05, 3.63) is 18.2 Å².